The first-order chi connectivity index (χ1) is 12.8. The predicted octanol–water partition coefficient (Wildman–Crippen LogP) is 4.59. The maximum absolute atomic E-state index is 5.90. The largest absolute Gasteiger partial charge is 0.457 e. The summed E-state index contributed by atoms with van der Waals surface area (Å²) < 4.78 is 5.84. The fourth-order valence-corrected chi connectivity index (χ4v) is 3.91. The normalized spacial score (nSPS) is 14.4. The van der Waals surface area contributed by atoms with E-state index in [2.05, 4.69) is 27.7 Å². The van der Waals surface area contributed by atoms with Gasteiger partial charge in [-0.2, -0.15) is 0 Å². The molecule has 1 N–H and O–H groups in total. The molecule has 0 radical (unpaired) electrons. The number of hydrogen-bond acceptors (Lipinski definition) is 5. The zero-order valence-corrected chi connectivity index (χ0v) is 15.9. The van der Waals surface area contributed by atoms with Gasteiger partial charge in [-0.15, -0.1) is 11.3 Å². The minimum atomic E-state index is 0.705. The Balaban J connectivity index is 1.38. The summed E-state index contributed by atoms with van der Waals surface area (Å²) in [7, 11) is 0. The Hall–Kier alpha value is -2.08. The number of halogens is 1. The molecule has 26 heavy (non-hydrogen) atoms. The van der Waals surface area contributed by atoms with Gasteiger partial charge in [0.1, 0.15) is 11.5 Å². The second-order valence-corrected chi connectivity index (χ2v) is 7.51. The fourth-order valence-electron chi connectivity index (χ4n) is 2.90. The third-order valence-electron chi connectivity index (χ3n) is 4.29. The molecule has 6 heteroatoms. The van der Waals surface area contributed by atoms with E-state index >= 15 is 0 Å². The number of nitrogens with one attached hydrogen (secondary N) is 1. The Morgan fingerprint density at radius 3 is 2.35 bits per heavy atom. The van der Waals surface area contributed by atoms with Gasteiger partial charge in [-0.1, -0.05) is 23.7 Å². The van der Waals surface area contributed by atoms with E-state index in [1.807, 2.05) is 36.4 Å². The summed E-state index contributed by atoms with van der Waals surface area (Å²) in [6, 6.07) is 15.5. The molecule has 134 valence electrons. The van der Waals surface area contributed by atoms with E-state index in [1.165, 1.54) is 5.56 Å². The molecule has 1 aliphatic rings. The molecule has 3 aromatic rings. The van der Waals surface area contributed by atoms with Crippen molar-refractivity contribution >= 4 is 28.1 Å². The van der Waals surface area contributed by atoms with E-state index < -0.39 is 0 Å². The Kier molecular flexibility index (Phi) is 5.39. The number of aromatic nitrogens is 1. The van der Waals surface area contributed by atoms with Gasteiger partial charge in [-0.3, -0.25) is 0 Å². The molecule has 0 atom stereocenters. The second kappa shape index (κ2) is 8.08. The summed E-state index contributed by atoms with van der Waals surface area (Å²) in [5.74, 6) is 1.60. The lowest BCUT2D eigenvalue weighted by Gasteiger charge is -2.26. The summed E-state index contributed by atoms with van der Waals surface area (Å²) in [6.45, 7) is 4.13. The van der Waals surface area contributed by atoms with Crippen LogP contribution in [0.25, 0.3) is 0 Å². The molecule has 1 fully saturated rings. The smallest absolute Gasteiger partial charge is 0.185 e. The average molecular weight is 386 g/mol. The molecule has 0 bridgehead atoms. The van der Waals surface area contributed by atoms with Gasteiger partial charge in [-0.25, -0.2) is 4.98 Å². The highest BCUT2D eigenvalue weighted by Gasteiger charge is 2.14. The lowest BCUT2D eigenvalue weighted by atomic mass is 10.1. The minimum absolute atomic E-state index is 0.705. The zero-order chi connectivity index (χ0) is 17.8. The molecule has 1 aliphatic heterocycles. The van der Waals surface area contributed by atoms with Gasteiger partial charge < -0.3 is 15.0 Å². The SMILES string of the molecule is Clc1ccc(Oc2ccc(Cc3csc(N4CCNCC4)n3)cc2)cc1. The molecular weight excluding hydrogens is 366 g/mol. The van der Waals surface area contributed by atoms with Gasteiger partial charge in [0.05, 0.1) is 5.69 Å². The fraction of sp³-hybridized carbons (Fsp3) is 0.250. The van der Waals surface area contributed by atoms with Gasteiger partial charge in [-0.05, 0) is 42.0 Å². The number of anilines is 1. The Labute approximate surface area is 162 Å². The van der Waals surface area contributed by atoms with Crippen molar-refractivity contribution in [1.82, 2.24) is 10.3 Å². The number of ether oxygens (including phenoxy) is 1. The van der Waals surface area contributed by atoms with Crippen LogP contribution in [0, 0.1) is 0 Å². The highest BCUT2D eigenvalue weighted by molar-refractivity contribution is 7.13. The van der Waals surface area contributed by atoms with Crippen LogP contribution < -0.4 is 15.0 Å². The quantitative estimate of drug-likeness (QED) is 0.697. The molecule has 0 amide bonds. The predicted molar refractivity (Wildman–Crippen MR) is 108 cm³/mol. The molecule has 4 nitrogen and oxygen atoms in total. The maximum atomic E-state index is 5.90. The van der Waals surface area contributed by atoms with Crippen molar-refractivity contribution in [3.05, 3.63) is 70.2 Å². The Bertz CT molecular complexity index is 842. The van der Waals surface area contributed by atoms with Crippen LogP contribution in [-0.4, -0.2) is 31.2 Å². The van der Waals surface area contributed by atoms with Crippen LogP contribution >= 0.6 is 22.9 Å². The van der Waals surface area contributed by atoms with Gasteiger partial charge >= 0.3 is 0 Å². The third-order valence-corrected chi connectivity index (χ3v) is 5.49. The number of rotatable bonds is 5. The van der Waals surface area contributed by atoms with Crippen molar-refractivity contribution in [2.75, 3.05) is 31.1 Å². The summed E-state index contributed by atoms with van der Waals surface area (Å²) in [4.78, 5) is 7.16. The number of hydrogen-bond donors (Lipinski definition) is 1. The maximum Gasteiger partial charge on any atom is 0.185 e. The van der Waals surface area contributed by atoms with Crippen molar-refractivity contribution < 1.29 is 4.74 Å². The Morgan fingerprint density at radius 1 is 1.00 bits per heavy atom. The summed E-state index contributed by atoms with van der Waals surface area (Å²) in [6.07, 6.45) is 0.837. The second-order valence-electron chi connectivity index (χ2n) is 6.24. The van der Waals surface area contributed by atoms with Crippen LogP contribution in [-0.2, 0) is 6.42 Å². The van der Waals surface area contributed by atoms with E-state index in [9.17, 15) is 0 Å². The van der Waals surface area contributed by atoms with E-state index in [1.54, 1.807) is 11.3 Å². The lowest BCUT2D eigenvalue weighted by molar-refractivity contribution is 0.482. The number of thiazole rings is 1. The standard InChI is InChI=1S/C20H20ClN3OS/c21-16-3-7-19(8-4-16)25-18-5-1-15(2-6-18)13-17-14-26-20(23-17)24-11-9-22-10-12-24/h1-8,14,22H,9-13H2. The van der Waals surface area contributed by atoms with E-state index in [4.69, 9.17) is 21.3 Å². The topological polar surface area (TPSA) is 37.4 Å². The van der Waals surface area contributed by atoms with Crippen molar-refractivity contribution in [1.29, 1.82) is 0 Å². The van der Waals surface area contributed by atoms with E-state index in [0.717, 1.165) is 54.9 Å². The van der Waals surface area contributed by atoms with Crippen LogP contribution in [0.4, 0.5) is 5.13 Å². The summed E-state index contributed by atoms with van der Waals surface area (Å²) >= 11 is 7.63. The van der Waals surface area contributed by atoms with Gasteiger partial charge in [0.2, 0.25) is 0 Å². The molecule has 2 aromatic carbocycles. The average Bonchev–Trinajstić information content (AvgIpc) is 3.14. The monoisotopic (exact) mass is 385 g/mol. The van der Waals surface area contributed by atoms with Gasteiger partial charge in [0.15, 0.2) is 5.13 Å². The highest BCUT2D eigenvalue weighted by Crippen LogP contribution is 2.25. The molecule has 0 aliphatic carbocycles. The molecule has 1 aromatic heterocycles. The number of nitrogens with zero attached hydrogens (tertiary/aromatic N) is 2. The van der Waals surface area contributed by atoms with Crippen molar-refractivity contribution in [2.24, 2.45) is 0 Å². The molecule has 0 unspecified atom stereocenters. The van der Waals surface area contributed by atoms with Crippen LogP contribution in [0.2, 0.25) is 5.02 Å². The van der Waals surface area contributed by atoms with Crippen molar-refractivity contribution in [2.45, 2.75) is 6.42 Å². The Morgan fingerprint density at radius 2 is 1.65 bits per heavy atom. The van der Waals surface area contributed by atoms with Crippen LogP contribution in [0.3, 0.4) is 0 Å². The molecule has 4 rings (SSSR count). The molecule has 0 saturated carbocycles. The molecular formula is C20H20ClN3OS. The van der Waals surface area contributed by atoms with Crippen LogP contribution in [0.1, 0.15) is 11.3 Å². The lowest BCUT2D eigenvalue weighted by Crippen LogP contribution is -2.43. The highest BCUT2D eigenvalue weighted by atomic mass is 35.5. The first kappa shape index (κ1) is 17.3. The van der Waals surface area contributed by atoms with E-state index in [-0.39, 0.29) is 0 Å². The molecule has 1 saturated heterocycles. The molecule has 2 heterocycles. The van der Waals surface area contributed by atoms with E-state index in [0.29, 0.717) is 5.02 Å². The number of benzene rings is 2. The van der Waals surface area contributed by atoms with Gasteiger partial charge in [0.25, 0.3) is 0 Å². The summed E-state index contributed by atoms with van der Waals surface area (Å²) in [5, 5.41) is 7.37. The summed E-state index contributed by atoms with van der Waals surface area (Å²) in [5.41, 5.74) is 2.35. The third kappa shape index (κ3) is 4.36. The van der Waals surface area contributed by atoms with Crippen LogP contribution in [0.5, 0.6) is 11.5 Å². The van der Waals surface area contributed by atoms with Crippen molar-refractivity contribution in [3.8, 4) is 11.5 Å². The van der Waals surface area contributed by atoms with Gasteiger partial charge in [0, 0.05) is 43.0 Å². The number of piperazine rings is 1. The molecule has 0 spiro atoms. The first-order valence-corrected chi connectivity index (χ1v) is 9.94. The first-order valence-electron chi connectivity index (χ1n) is 8.69. The van der Waals surface area contributed by atoms with Crippen LogP contribution in [0.15, 0.2) is 53.9 Å². The minimum Gasteiger partial charge on any atom is -0.457 e. The zero-order valence-electron chi connectivity index (χ0n) is 14.3. The van der Waals surface area contributed by atoms with Crippen molar-refractivity contribution in [3.63, 3.8) is 0 Å².